The highest BCUT2D eigenvalue weighted by Gasteiger charge is 2.31. The van der Waals surface area contributed by atoms with Crippen LogP contribution < -0.4 is 11.1 Å². The average molecular weight is 319 g/mol. The first-order valence-corrected chi connectivity index (χ1v) is 6.01. The van der Waals surface area contributed by atoms with E-state index in [4.69, 9.17) is 18.0 Å². The van der Waals surface area contributed by atoms with Crippen LogP contribution in [0.4, 0.5) is 10.1 Å². The van der Waals surface area contributed by atoms with Crippen LogP contribution in [0.1, 0.15) is 13.8 Å². The molecule has 0 aliphatic rings. The molecule has 0 fully saturated rings. The first-order valence-electron chi connectivity index (χ1n) is 4.81. The van der Waals surface area contributed by atoms with Gasteiger partial charge in [0.1, 0.15) is 5.82 Å². The van der Waals surface area contributed by atoms with E-state index >= 15 is 0 Å². The van der Waals surface area contributed by atoms with E-state index in [1.165, 1.54) is 18.2 Å². The fourth-order valence-corrected chi connectivity index (χ4v) is 1.52. The number of hydrogen-bond donors (Lipinski definition) is 2. The lowest BCUT2D eigenvalue weighted by atomic mass is 9.92. The molecule has 0 aliphatic carbocycles. The predicted octanol–water partition coefficient (Wildman–Crippen LogP) is 2.84. The summed E-state index contributed by atoms with van der Waals surface area (Å²) in [6, 6.07) is 3.99. The van der Waals surface area contributed by atoms with Gasteiger partial charge in [-0.05, 0) is 48.0 Å². The minimum Gasteiger partial charge on any atom is -0.392 e. The number of nitrogens with two attached hydrogens (primary N) is 1. The zero-order chi connectivity index (χ0) is 13.2. The molecule has 0 saturated carbocycles. The molecule has 6 heteroatoms. The van der Waals surface area contributed by atoms with E-state index in [9.17, 15) is 9.18 Å². The number of amides is 1. The predicted molar refractivity (Wildman–Crippen MR) is 73.3 cm³/mol. The van der Waals surface area contributed by atoms with Gasteiger partial charge < -0.3 is 11.1 Å². The molecular formula is C11H12BrFN2OS. The Bertz CT molecular complexity index is 477. The van der Waals surface area contributed by atoms with Crippen molar-refractivity contribution in [3.8, 4) is 0 Å². The van der Waals surface area contributed by atoms with Gasteiger partial charge in [-0.2, -0.15) is 0 Å². The van der Waals surface area contributed by atoms with E-state index in [-0.39, 0.29) is 16.7 Å². The fraction of sp³-hybridized carbons (Fsp3) is 0.273. The second kappa shape index (κ2) is 5.10. The molecule has 0 saturated heterocycles. The van der Waals surface area contributed by atoms with Crippen molar-refractivity contribution in [1.82, 2.24) is 0 Å². The van der Waals surface area contributed by atoms with Gasteiger partial charge >= 0.3 is 0 Å². The Labute approximate surface area is 113 Å². The molecule has 0 unspecified atom stereocenters. The molecule has 0 aromatic heterocycles. The summed E-state index contributed by atoms with van der Waals surface area (Å²) < 4.78 is 13.3. The van der Waals surface area contributed by atoms with Crippen molar-refractivity contribution in [3.63, 3.8) is 0 Å². The Balaban J connectivity index is 2.92. The number of hydrogen-bond acceptors (Lipinski definition) is 2. The van der Waals surface area contributed by atoms with E-state index in [2.05, 4.69) is 21.2 Å². The maximum atomic E-state index is 12.9. The summed E-state index contributed by atoms with van der Waals surface area (Å²) in [6.07, 6.45) is 0. The normalized spacial score (nSPS) is 11.1. The molecule has 92 valence electrons. The summed E-state index contributed by atoms with van der Waals surface area (Å²) in [5, 5.41) is 2.64. The Kier molecular flexibility index (Phi) is 4.21. The monoisotopic (exact) mass is 318 g/mol. The van der Waals surface area contributed by atoms with Crippen LogP contribution in [0.15, 0.2) is 22.7 Å². The molecule has 0 spiro atoms. The number of halogens is 2. The molecule has 3 nitrogen and oxygen atoms in total. The van der Waals surface area contributed by atoms with Gasteiger partial charge in [0.2, 0.25) is 5.91 Å². The van der Waals surface area contributed by atoms with Gasteiger partial charge in [0.05, 0.1) is 16.1 Å². The van der Waals surface area contributed by atoms with Crippen molar-refractivity contribution in [2.24, 2.45) is 11.1 Å². The Morgan fingerprint density at radius 3 is 2.59 bits per heavy atom. The maximum absolute atomic E-state index is 12.9. The topological polar surface area (TPSA) is 55.1 Å². The minimum absolute atomic E-state index is 0.105. The second-order valence-corrected chi connectivity index (χ2v) is 5.36. The van der Waals surface area contributed by atoms with Gasteiger partial charge in [-0.25, -0.2) is 4.39 Å². The summed E-state index contributed by atoms with van der Waals surface area (Å²) in [7, 11) is 0. The maximum Gasteiger partial charge on any atom is 0.236 e. The summed E-state index contributed by atoms with van der Waals surface area (Å²) in [4.78, 5) is 12.0. The zero-order valence-corrected chi connectivity index (χ0v) is 11.8. The number of anilines is 1. The quantitative estimate of drug-likeness (QED) is 0.843. The highest BCUT2D eigenvalue weighted by Crippen LogP contribution is 2.25. The smallest absolute Gasteiger partial charge is 0.236 e. The van der Waals surface area contributed by atoms with Crippen LogP contribution >= 0.6 is 28.1 Å². The highest BCUT2D eigenvalue weighted by atomic mass is 79.9. The molecule has 0 atom stereocenters. The second-order valence-electron chi connectivity index (χ2n) is 4.07. The first-order chi connectivity index (χ1) is 7.75. The Morgan fingerprint density at radius 2 is 2.12 bits per heavy atom. The van der Waals surface area contributed by atoms with Crippen molar-refractivity contribution >= 4 is 44.7 Å². The number of carbonyl (C=O) groups is 1. The summed E-state index contributed by atoms with van der Waals surface area (Å²) in [5.74, 6) is -0.721. The standard InChI is InChI=1S/C11H12BrFN2OS/c1-11(2,9(14)17)10(16)15-8-4-3-6(13)5-7(8)12/h3-5H,1-2H3,(H2,14,17)(H,15,16). The van der Waals surface area contributed by atoms with Gasteiger partial charge in [0.25, 0.3) is 0 Å². The lowest BCUT2D eigenvalue weighted by molar-refractivity contribution is -0.121. The number of rotatable bonds is 3. The molecule has 17 heavy (non-hydrogen) atoms. The molecule has 0 bridgehead atoms. The molecule has 1 aromatic carbocycles. The number of nitrogens with one attached hydrogen (secondary N) is 1. The summed E-state index contributed by atoms with van der Waals surface area (Å²) in [5.41, 5.74) is 5.00. The van der Waals surface area contributed by atoms with E-state index in [0.29, 0.717) is 10.2 Å². The lowest BCUT2D eigenvalue weighted by Crippen LogP contribution is -2.41. The van der Waals surface area contributed by atoms with Crippen molar-refractivity contribution in [2.45, 2.75) is 13.8 Å². The molecule has 0 aliphatic heterocycles. The lowest BCUT2D eigenvalue weighted by Gasteiger charge is -2.22. The molecule has 0 radical (unpaired) electrons. The summed E-state index contributed by atoms with van der Waals surface area (Å²) >= 11 is 7.98. The molecule has 3 N–H and O–H groups in total. The van der Waals surface area contributed by atoms with Crippen LogP contribution in [0, 0.1) is 11.2 Å². The van der Waals surface area contributed by atoms with Gasteiger partial charge in [-0.15, -0.1) is 0 Å². The first kappa shape index (κ1) is 14.1. The van der Waals surface area contributed by atoms with Crippen molar-refractivity contribution < 1.29 is 9.18 Å². The third-order valence-electron chi connectivity index (χ3n) is 2.36. The van der Waals surface area contributed by atoms with Crippen LogP contribution in [0.3, 0.4) is 0 Å². The average Bonchev–Trinajstić information content (AvgIpc) is 2.21. The molecule has 0 heterocycles. The van der Waals surface area contributed by atoms with Gasteiger partial charge in [0, 0.05) is 4.47 Å². The molecule has 1 rings (SSSR count). The molecular weight excluding hydrogens is 307 g/mol. The van der Waals surface area contributed by atoms with E-state index in [0.717, 1.165) is 0 Å². The van der Waals surface area contributed by atoms with E-state index in [1.807, 2.05) is 0 Å². The van der Waals surface area contributed by atoms with Crippen molar-refractivity contribution in [2.75, 3.05) is 5.32 Å². The highest BCUT2D eigenvalue weighted by molar-refractivity contribution is 9.10. The van der Waals surface area contributed by atoms with Gasteiger partial charge in [-0.3, -0.25) is 4.79 Å². The van der Waals surface area contributed by atoms with E-state index in [1.54, 1.807) is 13.8 Å². The third kappa shape index (κ3) is 3.23. The Hall–Kier alpha value is -1.01. The van der Waals surface area contributed by atoms with Crippen LogP contribution in [0.5, 0.6) is 0 Å². The molecule has 1 amide bonds. The SMILES string of the molecule is CC(C)(C(=O)Nc1ccc(F)cc1Br)C(N)=S. The summed E-state index contributed by atoms with van der Waals surface area (Å²) in [6.45, 7) is 3.25. The zero-order valence-electron chi connectivity index (χ0n) is 9.38. The number of benzene rings is 1. The van der Waals surface area contributed by atoms with Crippen molar-refractivity contribution in [1.29, 1.82) is 0 Å². The Morgan fingerprint density at radius 1 is 1.53 bits per heavy atom. The third-order valence-corrected chi connectivity index (χ3v) is 3.53. The molecule has 1 aromatic rings. The van der Waals surface area contributed by atoms with Crippen LogP contribution in [-0.4, -0.2) is 10.9 Å². The van der Waals surface area contributed by atoms with E-state index < -0.39 is 5.41 Å². The van der Waals surface area contributed by atoms with Crippen LogP contribution in [0.25, 0.3) is 0 Å². The number of thiocarbonyl (C=S) groups is 1. The van der Waals surface area contributed by atoms with Crippen LogP contribution in [0.2, 0.25) is 0 Å². The number of carbonyl (C=O) groups excluding carboxylic acids is 1. The van der Waals surface area contributed by atoms with Crippen molar-refractivity contribution in [3.05, 3.63) is 28.5 Å². The van der Waals surface area contributed by atoms with Crippen LogP contribution in [-0.2, 0) is 4.79 Å². The van der Waals surface area contributed by atoms with Gasteiger partial charge in [-0.1, -0.05) is 12.2 Å². The van der Waals surface area contributed by atoms with Gasteiger partial charge in [0.15, 0.2) is 0 Å². The largest absolute Gasteiger partial charge is 0.392 e. The fourth-order valence-electron chi connectivity index (χ4n) is 0.981. The minimum atomic E-state index is -0.955.